The maximum Gasteiger partial charge on any atom is 0.241 e. The van der Waals surface area contributed by atoms with Crippen molar-refractivity contribution in [2.75, 3.05) is 0 Å². The molecule has 0 fully saturated rings. The molecule has 0 radical (unpaired) electrons. The molecule has 0 amide bonds. The van der Waals surface area contributed by atoms with Gasteiger partial charge in [-0.25, -0.2) is 0 Å². The van der Waals surface area contributed by atoms with Crippen molar-refractivity contribution < 1.29 is 9.47 Å². The maximum atomic E-state index is 5.75. The summed E-state index contributed by atoms with van der Waals surface area (Å²) in [7, 11) is 0. The molecule has 76 valence electrons. The second-order valence-corrected chi connectivity index (χ2v) is 3.55. The van der Waals surface area contributed by atoms with E-state index in [1.54, 1.807) is 0 Å². The summed E-state index contributed by atoms with van der Waals surface area (Å²) in [5, 5.41) is 0. The zero-order valence-electron chi connectivity index (χ0n) is 8.75. The van der Waals surface area contributed by atoms with E-state index in [0.29, 0.717) is 0 Å². The molecule has 1 aliphatic rings. The van der Waals surface area contributed by atoms with Crippen molar-refractivity contribution in [3.8, 4) is 11.5 Å². The van der Waals surface area contributed by atoms with Gasteiger partial charge < -0.3 is 9.47 Å². The van der Waals surface area contributed by atoms with Gasteiger partial charge in [0.05, 0.1) is 0 Å². The lowest BCUT2D eigenvalue weighted by Crippen LogP contribution is -2.17. The highest BCUT2D eigenvalue weighted by molar-refractivity contribution is 5.48. The van der Waals surface area contributed by atoms with Crippen LogP contribution in [0.1, 0.15) is 32.3 Å². The van der Waals surface area contributed by atoms with Gasteiger partial charge in [0.2, 0.25) is 6.29 Å². The highest BCUT2D eigenvalue weighted by Crippen LogP contribution is 2.38. The number of ether oxygens (including phenoxy) is 2. The third-order valence-corrected chi connectivity index (χ3v) is 2.47. The van der Waals surface area contributed by atoms with Crippen LogP contribution in [0.15, 0.2) is 18.2 Å². The Kier molecular flexibility index (Phi) is 2.62. The van der Waals surface area contributed by atoms with Crippen LogP contribution in [0.3, 0.4) is 0 Å². The smallest absolute Gasteiger partial charge is 0.241 e. The van der Waals surface area contributed by atoms with Crippen molar-refractivity contribution in [3.63, 3.8) is 0 Å². The van der Waals surface area contributed by atoms with Crippen LogP contribution in [0, 0.1) is 0 Å². The average molecular weight is 192 g/mol. The first kappa shape index (κ1) is 9.38. The van der Waals surface area contributed by atoms with Gasteiger partial charge in [-0.3, -0.25) is 0 Å². The summed E-state index contributed by atoms with van der Waals surface area (Å²) < 4.78 is 11.4. The van der Waals surface area contributed by atoms with Gasteiger partial charge in [-0.2, -0.15) is 0 Å². The zero-order chi connectivity index (χ0) is 9.97. The summed E-state index contributed by atoms with van der Waals surface area (Å²) in [4.78, 5) is 0. The van der Waals surface area contributed by atoms with E-state index >= 15 is 0 Å². The quantitative estimate of drug-likeness (QED) is 0.732. The molecule has 0 bridgehead atoms. The molecule has 14 heavy (non-hydrogen) atoms. The van der Waals surface area contributed by atoms with Crippen molar-refractivity contribution in [1.82, 2.24) is 0 Å². The Morgan fingerprint density at radius 2 is 2.07 bits per heavy atom. The molecule has 1 unspecified atom stereocenters. The normalized spacial score (nSPS) is 18.6. The molecule has 0 saturated heterocycles. The van der Waals surface area contributed by atoms with Gasteiger partial charge in [-0.05, 0) is 24.5 Å². The minimum absolute atomic E-state index is 0.0669. The fraction of sp³-hybridized carbons (Fsp3) is 0.500. The lowest BCUT2D eigenvalue weighted by molar-refractivity contribution is 0.0409. The first-order valence-electron chi connectivity index (χ1n) is 5.30. The van der Waals surface area contributed by atoms with Crippen LogP contribution in [0.4, 0.5) is 0 Å². The summed E-state index contributed by atoms with van der Waals surface area (Å²) in [6, 6.07) is 6.09. The van der Waals surface area contributed by atoms with Gasteiger partial charge in [0.15, 0.2) is 11.5 Å². The minimum atomic E-state index is -0.0669. The average Bonchev–Trinajstić information content (AvgIpc) is 2.60. The number of benzene rings is 1. The fourth-order valence-electron chi connectivity index (χ4n) is 1.72. The number of fused-ring (bicyclic) bond motifs is 1. The van der Waals surface area contributed by atoms with Gasteiger partial charge in [-0.1, -0.05) is 26.0 Å². The van der Waals surface area contributed by atoms with E-state index in [0.717, 1.165) is 30.8 Å². The molecule has 2 rings (SSSR count). The van der Waals surface area contributed by atoms with E-state index in [4.69, 9.17) is 9.47 Å². The molecular weight excluding hydrogens is 176 g/mol. The van der Waals surface area contributed by atoms with Crippen LogP contribution in [-0.4, -0.2) is 6.29 Å². The molecule has 1 aliphatic heterocycles. The number of hydrogen-bond acceptors (Lipinski definition) is 2. The summed E-state index contributed by atoms with van der Waals surface area (Å²) in [6.07, 6.45) is 2.96. The molecular formula is C12H16O2. The van der Waals surface area contributed by atoms with Crippen LogP contribution < -0.4 is 9.47 Å². The number of rotatable bonds is 3. The Morgan fingerprint density at radius 1 is 1.21 bits per heavy atom. The second kappa shape index (κ2) is 3.91. The first-order chi connectivity index (χ1) is 6.85. The number of para-hydroxylation sites is 1. The topological polar surface area (TPSA) is 18.5 Å². The van der Waals surface area contributed by atoms with E-state index in [-0.39, 0.29) is 6.29 Å². The molecule has 1 aromatic carbocycles. The fourth-order valence-corrected chi connectivity index (χ4v) is 1.72. The monoisotopic (exact) mass is 192 g/mol. The first-order valence-corrected chi connectivity index (χ1v) is 5.30. The summed E-state index contributed by atoms with van der Waals surface area (Å²) in [5.41, 5.74) is 1.24. The summed E-state index contributed by atoms with van der Waals surface area (Å²) >= 11 is 0. The largest absolute Gasteiger partial charge is 0.451 e. The Balaban J connectivity index is 2.21. The van der Waals surface area contributed by atoms with Crippen molar-refractivity contribution in [1.29, 1.82) is 0 Å². The van der Waals surface area contributed by atoms with Crippen molar-refractivity contribution in [2.45, 2.75) is 39.4 Å². The lowest BCUT2D eigenvalue weighted by Gasteiger charge is -2.08. The van der Waals surface area contributed by atoms with E-state index in [1.807, 2.05) is 12.1 Å². The standard InChI is InChI=1S/C12H16O2/c1-3-6-11-13-10-8-5-7-9(4-2)12(10)14-11/h5,7-8,11H,3-4,6H2,1-2H3. The second-order valence-electron chi connectivity index (χ2n) is 3.55. The molecule has 0 N–H and O–H groups in total. The van der Waals surface area contributed by atoms with E-state index in [1.165, 1.54) is 5.56 Å². The third-order valence-electron chi connectivity index (χ3n) is 2.47. The summed E-state index contributed by atoms with van der Waals surface area (Å²) in [6.45, 7) is 4.27. The number of aryl methyl sites for hydroxylation is 1. The van der Waals surface area contributed by atoms with E-state index < -0.39 is 0 Å². The van der Waals surface area contributed by atoms with Crippen LogP contribution in [-0.2, 0) is 6.42 Å². The highest BCUT2D eigenvalue weighted by atomic mass is 16.7. The van der Waals surface area contributed by atoms with Crippen molar-refractivity contribution in [2.24, 2.45) is 0 Å². The molecule has 0 aromatic heterocycles. The maximum absolute atomic E-state index is 5.75. The van der Waals surface area contributed by atoms with Crippen LogP contribution >= 0.6 is 0 Å². The molecule has 0 saturated carbocycles. The molecule has 2 nitrogen and oxygen atoms in total. The van der Waals surface area contributed by atoms with Crippen LogP contribution in [0.2, 0.25) is 0 Å². The van der Waals surface area contributed by atoms with E-state index in [9.17, 15) is 0 Å². The van der Waals surface area contributed by atoms with Crippen molar-refractivity contribution in [3.05, 3.63) is 23.8 Å². The molecule has 2 heteroatoms. The SMILES string of the molecule is CCCC1Oc2cccc(CC)c2O1. The molecule has 1 atom stereocenters. The third kappa shape index (κ3) is 1.57. The van der Waals surface area contributed by atoms with E-state index in [2.05, 4.69) is 19.9 Å². The van der Waals surface area contributed by atoms with Crippen LogP contribution in [0.5, 0.6) is 11.5 Å². The highest BCUT2D eigenvalue weighted by Gasteiger charge is 2.24. The molecule has 0 aliphatic carbocycles. The predicted octanol–water partition coefficient (Wildman–Crippen LogP) is 3.15. The summed E-state index contributed by atoms with van der Waals surface area (Å²) in [5.74, 6) is 1.86. The molecule has 0 spiro atoms. The van der Waals surface area contributed by atoms with Gasteiger partial charge in [0.1, 0.15) is 0 Å². The number of hydrogen-bond donors (Lipinski definition) is 0. The zero-order valence-corrected chi connectivity index (χ0v) is 8.75. The Bertz CT molecular complexity index is 320. The van der Waals surface area contributed by atoms with Gasteiger partial charge in [-0.15, -0.1) is 0 Å². The molecule has 1 heterocycles. The van der Waals surface area contributed by atoms with Crippen LogP contribution in [0.25, 0.3) is 0 Å². The van der Waals surface area contributed by atoms with Gasteiger partial charge >= 0.3 is 0 Å². The Labute approximate surface area is 84.8 Å². The predicted molar refractivity (Wildman–Crippen MR) is 55.8 cm³/mol. The minimum Gasteiger partial charge on any atom is -0.451 e. The van der Waals surface area contributed by atoms with Gasteiger partial charge in [0.25, 0.3) is 0 Å². The van der Waals surface area contributed by atoms with Gasteiger partial charge in [0, 0.05) is 6.42 Å². The Hall–Kier alpha value is -1.18. The lowest BCUT2D eigenvalue weighted by atomic mass is 10.1. The Morgan fingerprint density at radius 3 is 2.79 bits per heavy atom. The van der Waals surface area contributed by atoms with Crippen molar-refractivity contribution >= 4 is 0 Å². The molecule has 1 aromatic rings.